The maximum absolute atomic E-state index is 11.4. The molecular formula is C14H26N2O3. The number of carbonyl (C=O) groups is 1. The summed E-state index contributed by atoms with van der Waals surface area (Å²) in [6, 6.07) is 0.530. The lowest BCUT2D eigenvalue weighted by Gasteiger charge is -2.55. The van der Waals surface area contributed by atoms with Crippen molar-refractivity contribution in [1.82, 2.24) is 9.80 Å². The van der Waals surface area contributed by atoms with Gasteiger partial charge in [-0.2, -0.15) is 0 Å². The van der Waals surface area contributed by atoms with Crippen molar-refractivity contribution in [1.29, 1.82) is 0 Å². The van der Waals surface area contributed by atoms with Crippen molar-refractivity contribution in [2.45, 2.75) is 39.3 Å². The highest BCUT2D eigenvalue weighted by Crippen LogP contribution is 2.45. The number of nitrogens with zero attached hydrogens (tertiary/aromatic N) is 2. The Hall–Kier alpha value is -0.810. The molecule has 0 aromatic carbocycles. The molecule has 5 nitrogen and oxygen atoms in total. The fourth-order valence-electron chi connectivity index (χ4n) is 3.16. The third kappa shape index (κ3) is 2.87. The third-order valence-electron chi connectivity index (χ3n) is 4.59. The summed E-state index contributed by atoms with van der Waals surface area (Å²) in [6.07, 6.45) is 1.28. The topological polar surface area (TPSA) is 42.0 Å². The first kappa shape index (κ1) is 14.6. The Kier molecular flexibility index (Phi) is 4.36. The molecule has 1 saturated heterocycles. The monoisotopic (exact) mass is 270 g/mol. The molecule has 2 atom stereocenters. The summed E-state index contributed by atoms with van der Waals surface area (Å²) in [6.45, 7) is 10.3. The molecule has 1 saturated carbocycles. The highest BCUT2D eigenvalue weighted by atomic mass is 16.6. The zero-order valence-corrected chi connectivity index (χ0v) is 12.5. The predicted molar refractivity (Wildman–Crippen MR) is 73.2 cm³/mol. The lowest BCUT2D eigenvalue weighted by Crippen LogP contribution is -2.61. The zero-order valence-electron chi connectivity index (χ0n) is 12.5. The first-order valence-corrected chi connectivity index (χ1v) is 7.20. The van der Waals surface area contributed by atoms with Crippen LogP contribution in [-0.4, -0.2) is 67.9 Å². The molecule has 2 aliphatic rings. The Bertz CT molecular complexity index is 333. The van der Waals surface area contributed by atoms with Gasteiger partial charge in [-0.25, -0.2) is 4.79 Å². The molecule has 110 valence electrons. The van der Waals surface area contributed by atoms with Crippen molar-refractivity contribution in [3.8, 4) is 0 Å². The molecule has 0 aromatic rings. The van der Waals surface area contributed by atoms with E-state index in [4.69, 9.17) is 9.47 Å². The standard InChI is InChI=1S/C14H26N2O3/c1-5-18-12-10-11(14(12,2)3)15(4)6-7-16-8-9-19-13(16)17/h11-12H,5-10H2,1-4H3/t11-,12-/m1/s1. The second-order valence-corrected chi connectivity index (χ2v) is 6.10. The average Bonchev–Trinajstić information content (AvgIpc) is 2.77. The lowest BCUT2D eigenvalue weighted by molar-refractivity contribution is -0.145. The first-order chi connectivity index (χ1) is 8.96. The van der Waals surface area contributed by atoms with E-state index >= 15 is 0 Å². The van der Waals surface area contributed by atoms with E-state index in [9.17, 15) is 4.79 Å². The molecule has 2 fully saturated rings. The lowest BCUT2D eigenvalue weighted by atomic mass is 9.64. The van der Waals surface area contributed by atoms with Gasteiger partial charge < -0.3 is 19.3 Å². The Balaban J connectivity index is 1.78. The highest BCUT2D eigenvalue weighted by Gasteiger charge is 2.50. The first-order valence-electron chi connectivity index (χ1n) is 7.20. The van der Waals surface area contributed by atoms with Gasteiger partial charge in [-0.15, -0.1) is 0 Å². The third-order valence-corrected chi connectivity index (χ3v) is 4.59. The molecule has 1 heterocycles. The largest absolute Gasteiger partial charge is 0.448 e. The summed E-state index contributed by atoms with van der Waals surface area (Å²) < 4.78 is 10.7. The summed E-state index contributed by atoms with van der Waals surface area (Å²) in [7, 11) is 2.13. The van der Waals surface area contributed by atoms with Gasteiger partial charge in [-0.05, 0) is 20.4 Å². The molecule has 1 aliphatic carbocycles. The smallest absolute Gasteiger partial charge is 0.409 e. The van der Waals surface area contributed by atoms with Crippen LogP contribution in [0.1, 0.15) is 27.2 Å². The van der Waals surface area contributed by atoms with Crippen LogP contribution < -0.4 is 0 Å². The van der Waals surface area contributed by atoms with E-state index in [1.165, 1.54) is 0 Å². The van der Waals surface area contributed by atoms with E-state index in [1.807, 2.05) is 6.92 Å². The number of amides is 1. The number of carbonyl (C=O) groups excluding carboxylic acids is 1. The van der Waals surface area contributed by atoms with Crippen molar-refractivity contribution >= 4 is 6.09 Å². The molecule has 0 aromatic heterocycles. The van der Waals surface area contributed by atoms with Crippen LogP contribution in [-0.2, 0) is 9.47 Å². The second kappa shape index (κ2) is 5.67. The van der Waals surface area contributed by atoms with Crippen LogP contribution in [0.3, 0.4) is 0 Å². The predicted octanol–water partition coefficient (Wildman–Crippen LogP) is 1.57. The van der Waals surface area contributed by atoms with Gasteiger partial charge in [0, 0.05) is 31.2 Å². The summed E-state index contributed by atoms with van der Waals surface area (Å²) >= 11 is 0. The van der Waals surface area contributed by atoms with E-state index in [0.717, 1.165) is 32.7 Å². The number of likely N-dealkylation sites (N-methyl/N-ethyl adjacent to an activating group) is 1. The van der Waals surface area contributed by atoms with E-state index in [2.05, 4.69) is 25.8 Å². The maximum atomic E-state index is 11.4. The van der Waals surface area contributed by atoms with Gasteiger partial charge in [0.2, 0.25) is 0 Å². The number of cyclic esters (lactones) is 1. The Morgan fingerprint density at radius 2 is 2.26 bits per heavy atom. The molecular weight excluding hydrogens is 244 g/mol. The van der Waals surface area contributed by atoms with Crippen LogP contribution >= 0.6 is 0 Å². The van der Waals surface area contributed by atoms with Gasteiger partial charge in [0.25, 0.3) is 0 Å². The number of hydrogen-bond donors (Lipinski definition) is 0. The van der Waals surface area contributed by atoms with Crippen molar-refractivity contribution in [3.63, 3.8) is 0 Å². The van der Waals surface area contributed by atoms with Crippen LogP contribution in [0.4, 0.5) is 4.79 Å². The van der Waals surface area contributed by atoms with Gasteiger partial charge in [-0.1, -0.05) is 13.8 Å². The normalized spacial score (nSPS) is 29.5. The van der Waals surface area contributed by atoms with Crippen LogP contribution in [0.5, 0.6) is 0 Å². The molecule has 0 N–H and O–H groups in total. The summed E-state index contributed by atoms with van der Waals surface area (Å²) in [4.78, 5) is 15.5. The highest BCUT2D eigenvalue weighted by molar-refractivity contribution is 5.69. The molecule has 0 bridgehead atoms. The van der Waals surface area contributed by atoms with Crippen molar-refractivity contribution in [2.24, 2.45) is 5.41 Å². The molecule has 0 unspecified atom stereocenters. The minimum absolute atomic E-state index is 0.173. The van der Waals surface area contributed by atoms with Crippen molar-refractivity contribution < 1.29 is 14.3 Å². The molecule has 19 heavy (non-hydrogen) atoms. The summed E-state index contributed by atoms with van der Waals surface area (Å²) in [5.74, 6) is 0. The Labute approximate surface area is 115 Å². The SMILES string of the molecule is CCO[C@@H]1C[C@@H](N(C)CCN2CCOC2=O)C1(C)C. The van der Waals surface area contributed by atoms with Crippen LogP contribution in [0.15, 0.2) is 0 Å². The van der Waals surface area contributed by atoms with Crippen LogP contribution in [0.2, 0.25) is 0 Å². The van der Waals surface area contributed by atoms with Crippen molar-refractivity contribution in [3.05, 3.63) is 0 Å². The fourth-order valence-corrected chi connectivity index (χ4v) is 3.16. The molecule has 2 rings (SSSR count). The Morgan fingerprint density at radius 1 is 1.53 bits per heavy atom. The Morgan fingerprint density at radius 3 is 2.79 bits per heavy atom. The minimum Gasteiger partial charge on any atom is -0.448 e. The number of ether oxygens (including phenoxy) is 2. The molecule has 1 amide bonds. The maximum Gasteiger partial charge on any atom is 0.409 e. The van der Waals surface area contributed by atoms with Gasteiger partial charge >= 0.3 is 6.09 Å². The van der Waals surface area contributed by atoms with Gasteiger partial charge in [0.05, 0.1) is 12.6 Å². The molecule has 0 spiro atoms. The van der Waals surface area contributed by atoms with E-state index in [1.54, 1.807) is 4.90 Å². The van der Waals surface area contributed by atoms with Crippen molar-refractivity contribution in [2.75, 3.05) is 39.9 Å². The van der Waals surface area contributed by atoms with E-state index in [0.29, 0.717) is 18.8 Å². The van der Waals surface area contributed by atoms with Crippen LogP contribution in [0.25, 0.3) is 0 Å². The molecule has 0 radical (unpaired) electrons. The molecule has 1 aliphatic heterocycles. The van der Waals surface area contributed by atoms with E-state index in [-0.39, 0.29) is 11.5 Å². The van der Waals surface area contributed by atoms with Crippen LogP contribution in [0, 0.1) is 5.41 Å². The fraction of sp³-hybridized carbons (Fsp3) is 0.929. The number of hydrogen-bond acceptors (Lipinski definition) is 4. The summed E-state index contributed by atoms with van der Waals surface area (Å²) in [5, 5.41) is 0. The van der Waals surface area contributed by atoms with Gasteiger partial charge in [-0.3, -0.25) is 0 Å². The van der Waals surface area contributed by atoms with Gasteiger partial charge in [0.1, 0.15) is 6.61 Å². The zero-order chi connectivity index (χ0) is 14.0. The van der Waals surface area contributed by atoms with Gasteiger partial charge in [0.15, 0.2) is 0 Å². The van der Waals surface area contributed by atoms with E-state index < -0.39 is 0 Å². The number of rotatable bonds is 6. The average molecular weight is 270 g/mol. The minimum atomic E-state index is -0.173. The quantitative estimate of drug-likeness (QED) is 0.735. The summed E-state index contributed by atoms with van der Waals surface area (Å²) in [5.41, 5.74) is 0.191. The molecule has 5 heteroatoms. The second-order valence-electron chi connectivity index (χ2n) is 6.10.